The van der Waals surface area contributed by atoms with Crippen LogP contribution in [0, 0.1) is 0 Å². The molecule has 1 aromatic carbocycles. The van der Waals surface area contributed by atoms with E-state index in [4.69, 9.17) is 21.1 Å². The van der Waals surface area contributed by atoms with Crippen molar-refractivity contribution in [3.8, 4) is 5.75 Å². The van der Waals surface area contributed by atoms with Gasteiger partial charge >= 0.3 is 0 Å². The molecular weight excluding hydrogens is 262 g/mol. The van der Waals surface area contributed by atoms with Crippen LogP contribution in [0.5, 0.6) is 5.75 Å². The topological polar surface area (TPSA) is 30.5 Å². The van der Waals surface area contributed by atoms with Gasteiger partial charge in [-0.25, -0.2) is 0 Å². The molecule has 19 heavy (non-hydrogen) atoms. The lowest BCUT2D eigenvalue weighted by Gasteiger charge is -2.19. The zero-order valence-electron chi connectivity index (χ0n) is 11.7. The molecule has 1 N–H and O–H groups in total. The highest BCUT2D eigenvalue weighted by Crippen LogP contribution is 2.33. The van der Waals surface area contributed by atoms with E-state index in [-0.39, 0.29) is 0 Å². The maximum Gasteiger partial charge on any atom is 0.125 e. The van der Waals surface area contributed by atoms with Crippen LogP contribution in [0.15, 0.2) is 12.1 Å². The summed E-state index contributed by atoms with van der Waals surface area (Å²) in [7, 11) is 0. The number of ether oxygens (including phenoxy) is 2. The zero-order valence-corrected chi connectivity index (χ0v) is 12.4. The van der Waals surface area contributed by atoms with Gasteiger partial charge in [-0.3, -0.25) is 0 Å². The van der Waals surface area contributed by atoms with Gasteiger partial charge in [0.15, 0.2) is 0 Å². The van der Waals surface area contributed by atoms with Gasteiger partial charge in [0.2, 0.25) is 0 Å². The quantitative estimate of drug-likeness (QED) is 0.835. The number of fused-ring (bicyclic) bond motifs is 1. The molecule has 4 heteroatoms. The lowest BCUT2D eigenvalue weighted by molar-refractivity contribution is 0.123. The van der Waals surface area contributed by atoms with E-state index < -0.39 is 0 Å². The molecule has 0 radical (unpaired) electrons. The van der Waals surface area contributed by atoms with Crippen LogP contribution in [0.25, 0.3) is 0 Å². The van der Waals surface area contributed by atoms with Crippen LogP contribution in [0.4, 0.5) is 0 Å². The van der Waals surface area contributed by atoms with Crippen molar-refractivity contribution in [2.45, 2.75) is 32.7 Å². The second-order valence-corrected chi connectivity index (χ2v) is 5.21. The number of nitrogens with one attached hydrogen (secondary N) is 1. The molecule has 1 atom stereocenters. The largest absolute Gasteiger partial charge is 0.493 e. The molecule has 1 heterocycles. The van der Waals surface area contributed by atoms with Crippen molar-refractivity contribution < 1.29 is 9.47 Å². The molecule has 2 rings (SSSR count). The Hall–Kier alpha value is -0.770. The lowest BCUT2D eigenvalue weighted by atomic mass is 10.0. The van der Waals surface area contributed by atoms with E-state index in [9.17, 15) is 0 Å². The van der Waals surface area contributed by atoms with E-state index in [1.807, 2.05) is 19.1 Å². The Labute approximate surface area is 120 Å². The number of halogens is 1. The van der Waals surface area contributed by atoms with Crippen LogP contribution in [0.3, 0.4) is 0 Å². The van der Waals surface area contributed by atoms with Crippen molar-refractivity contribution in [2.24, 2.45) is 0 Å². The van der Waals surface area contributed by atoms with Crippen LogP contribution >= 0.6 is 11.6 Å². The van der Waals surface area contributed by atoms with Crippen molar-refractivity contribution in [1.82, 2.24) is 5.32 Å². The molecular formula is C15H22ClNO2. The highest BCUT2D eigenvalue weighted by atomic mass is 35.5. The Kier molecular flexibility index (Phi) is 5.49. The lowest BCUT2D eigenvalue weighted by Crippen LogP contribution is -2.35. The molecule has 0 bridgehead atoms. The number of likely N-dealkylation sites (N-methyl/N-ethyl adjacent to an activating group) is 1. The Morgan fingerprint density at radius 2 is 2.26 bits per heavy atom. The summed E-state index contributed by atoms with van der Waals surface area (Å²) in [5, 5.41) is 4.25. The molecule has 106 valence electrons. The molecule has 0 aromatic heterocycles. The molecule has 0 saturated carbocycles. The molecule has 0 spiro atoms. The number of benzene rings is 1. The minimum atomic E-state index is 0.303. The summed E-state index contributed by atoms with van der Waals surface area (Å²) < 4.78 is 11.3. The third-order valence-corrected chi connectivity index (χ3v) is 3.53. The standard InChI is InChI=1S/C15H22ClNO2/c1-3-17-14(10-18-4-2)9-12-8-13(16)7-11-5-6-19-15(11)12/h7-8,14,17H,3-6,9-10H2,1-2H3. The van der Waals surface area contributed by atoms with Crippen LogP contribution in [-0.2, 0) is 17.6 Å². The van der Waals surface area contributed by atoms with Gasteiger partial charge in [-0.1, -0.05) is 18.5 Å². The second kappa shape index (κ2) is 7.13. The Morgan fingerprint density at radius 1 is 1.42 bits per heavy atom. The van der Waals surface area contributed by atoms with Crippen molar-refractivity contribution in [3.05, 3.63) is 28.3 Å². The normalized spacial score (nSPS) is 15.1. The maximum absolute atomic E-state index is 6.19. The summed E-state index contributed by atoms with van der Waals surface area (Å²) in [5.41, 5.74) is 2.42. The van der Waals surface area contributed by atoms with Gasteiger partial charge in [0.1, 0.15) is 5.75 Å². The Bertz CT molecular complexity index is 423. The first kappa shape index (κ1) is 14.6. The molecule has 1 aliphatic rings. The SMILES string of the molecule is CCNC(COCC)Cc1cc(Cl)cc2c1OCC2. The van der Waals surface area contributed by atoms with Gasteiger partial charge in [-0.15, -0.1) is 0 Å². The van der Waals surface area contributed by atoms with Gasteiger partial charge in [-0.2, -0.15) is 0 Å². The molecule has 3 nitrogen and oxygen atoms in total. The molecule has 0 fully saturated rings. The third-order valence-electron chi connectivity index (χ3n) is 3.31. The van der Waals surface area contributed by atoms with Gasteiger partial charge in [0.05, 0.1) is 13.2 Å². The van der Waals surface area contributed by atoms with E-state index in [1.165, 1.54) is 11.1 Å². The average molecular weight is 284 g/mol. The van der Waals surface area contributed by atoms with Gasteiger partial charge in [-0.05, 0) is 43.1 Å². The van der Waals surface area contributed by atoms with E-state index in [0.717, 1.165) is 43.4 Å². The molecule has 1 unspecified atom stereocenters. The first-order valence-corrected chi connectivity index (χ1v) is 7.37. The highest BCUT2D eigenvalue weighted by Gasteiger charge is 2.20. The van der Waals surface area contributed by atoms with E-state index >= 15 is 0 Å². The minimum absolute atomic E-state index is 0.303. The zero-order chi connectivity index (χ0) is 13.7. The van der Waals surface area contributed by atoms with Gasteiger partial charge < -0.3 is 14.8 Å². The summed E-state index contributed by atoms with van der Waals surface area (Å²) in [6, 6.07) is 4.33. The van der Waals surface area contributed by atoms with E-state index in [1.54, 1.807) is 0 Å². The number of hydrogen-bond acceptors (Lipinski definition) is 3. The fourth-order valence-electron chi connectivity index (χ4n) is 2.50. The molecule has 0 aliphatic carbocycles. The van der Waals surface area contributed by atoms with E-state index in [0.29, 0.717) is 12.6 Å². The van der Waals surface area contributed by atoms with Gasteiger partial charge in [0.25, 0.3) is 0 Å². The predicted molar refractivity (Wildman–Crippen MR) is 78.3 cm³/mol. The van der Waals surface area contributed by atoms with Crippen LogP contribution in [0.1, 0.15) is 25.0 Å². The number of rotatable bonds is 7. The second-order valence-electron chi connectivity index (χ2n) is 4.77. The minimum Gasteiger partial charge on any atom is -0.493 e. The summed E-state index contributed by atoms with van der Waals surface area (Å²) in [5.74, 6) is 1.03. The Morgan fingerprint density at radius 3 is 3.00 bits per heavy atom. The summed E-state index contributed by atoms with van der Waals surface area (Å²) in [6.45, 7) is 7.28. The average Bonchev–Trinajstić information content (AvgIpc) is 2.84. The maximum atomic E-state index is 6.19. The first-order chi connectivity index (χ1) is 9.24. The summed E-state index contributed by atoms with van der Waals surface area (Å²) >= 11 is 6.19. The Balaban J connectivity index is 2.12. The van der Waals surface area contributed by atoms with Crippen molar-refractivity contribution in [2.75, 3.05) is 26.4 Å². The molecule has 0 saturated heterocycles. The fraction of sp³-hybridized carbons (Fsp3) is 0.600. The first-order valence-electron chi connectivity index (χ1n) is 6.99. The fourth-order valence-corrected chi connectivity index (χ4v) is 2.77. The van der Waals surface area contributed by atoms with Gasteiger partial charge in [0, 0.05) is 24.1 Å². The monoisotopic (exact) mass is 283 g/mol. The van der Waals surface area contributed by atoms with Crippen LogP contribution in [-0.4, -0.2) is 32.4 Å². The summed E-state index contributed by atoms with van der Waals surface area (Å²) in [6.07, 6.45) is 1.84. The highest BCUT2D eigenvalue weighted by molar-refractivity contribution is 6.30. The van der Waals surface area contributed by atoms with Crippen molar-refractivity contribution in [1.29, 1.82) is 0 Å². The molecule has 1 aromatic rings. The molecule has 0 amide bonds. The van der Waals surface area contributed by atoms with Crippen molar-refractivity contribution in [3.63, 3.8) is 0 Å². The summed E-state index contributed by atoms with van der Waals surface area (Å²) in [4.78, 5) is 0. The number of hydrogen-bond donors (Lipinski definition) is 1. The third kappa shape index (κ3) is 3.85. The van der Waals surface area contributed by atoms with Crippen molar-refractivity contribution >= 4 is 11.6 Å². The predicted octanol–water partition coefficient (Wildman–Crippen LogP) is 2.83. The van der Waals surface area contributed by atoms with Crippen LogP contribution < -0.4 is 10.1 Å². The van der Waals surface area contributed by atoms with E-state index in [2.05, 4.69) is 12.2 Å². The smallest absolute Gasteiger partial charge is 0.125 e. The molecule has 1 aliphatic heterocycles. The van der Waals surface area contributed by atoms with Crippen LogP contribution in [0.2, 0.25) is 5.02 Å².